The second kappa shape index (κ2) is 10.7. The van der Waals surface area contributed by atoms with E-state index < -0.39 is 0 Å². The molecule has 2 fully saturated rings. The molecule has 32 heavy (non-hydrogen) atoms. The minimum Gasteiger partial charge on any atom is -0.493 e. The van der Waals surface area contributed by atoms with Crippen molar-refractivity contribution < 1.29 is 19.0 Å². The van der Waals surface area contributed by atoms with Gasteiger partial charge in [-0.15, -0.1) is 0 Å². The lowest BCUT2D eigenvalue weighted by Gasteiger charge is -2.18. The molecule has 2 aromatic rings. The van der Waals surface area contributed by atoms with Crippen LogP contribution in [-0.4, -0.2) is 41.5 Å². The van der Waals surface area contributed by atoms with E-state index in [1.807, 2.05) is 42.5 Å². The Labute approximate surface area is 213 Å². The molecule has 5 nitrogen and oxygen atoms in total. The Hall–Kier alpha value is -1.39. The van der Waals surface area contributed by atoms with E-state index in [9.17, 15) is 4.79 Å². The number of thioether (sulfide) groups is 1. The molecule has 2 aliphatic heterocycles. The number of hydrogen-bond donors (Lipinski definition) is 0. The van der Waals surface area contributed by atoms with Crippen molar-refractivity contribution in [3.63, 3.8) is 0 Å². The van der Waals surface area contributed by atoms with Gasteiger partial charge >= 0.3 is 0 Å². The standard InChI is InChI=1S/C23H21Br2NO4S2/c1-28-19-9-15(18(25)11-20(19)30-13-14-4-6-16(24)7-5-14)10-21-22(27)26(23(31)32-21)12-17-3-2-8-29-17/h4-7,9-11,17H,2-3,8,12-13H2,1H3/b21-10-/t17-/m0/s1. The number of halogens is 2. The van der Waals surface area contributed by atoms with Gasteiger partial charge in [-0.1, -0.05) is 68.0 Å². The van der Waals surface area contributed by atoms with Crippen LogP contribution in [0.2, 0.25) is 0 Å². The molecular weight excluding hydrogens is 578 g/mol. The summed E-state index contributed by atoms with van der Waals surface area (Å²) in [6.07, 6.45) is 3.88. The van der Waals surface area contributed by atoms with E-state index >= 15 is 0 Å². The zero-order valence-corrected chi connectivity index (χ0v) is 22.1. The summed E-state index contributed by atoms with van der Waals surface area (Å²) in [5.41, 5.74) is 1.86. The van der Waals surface area contributed by atoms with E-state index in [0.717, 1.165) is 39.5 Å². The molecule has 2 saturated heterocycles. The van der Waals surface area contributed by atoms with Crippen molar-refractivity contribution in [2.75, 3.05) is 20.3 Å². The van der Waals surface area contributed by atoms with Crippen molar-refractivity contribution in [1.82, 2.24) is 4.90 Å². The number of thiocarbonyl (C=S) groups is 1. The minimum absolute atomic E-state index is 0.0610. The molecule has 0 aromatic heterocycles. The van der Waals surface area contributed by atoms with Gasteiger partial charge < -0.3 is 14.2 Å². The highest BCUT2D eigenvalue weighted by Crippen LogP contribution is 2.38. The summed E-state index contributed by atoms with van der Waals surface area (Å²) >= 11 is 13.8. The van der Waals surface area contributed by atoms with Crippen LogP contribution in [0.15, 0.2) is 50.2 Å². The van der Waals surface area contributed by atoms with Crippen molar-refractivity contribution in [1.29, 1.82) is 0 Å². The molecule has 0 bridgehead atoms. The molecule has 168 valence electrons. The van der Waals surface area contributed by atoms with Crippen molar-refractivity contribution >= 4 is 72.1 Å². The maximum Gasteiger partial charge on any atom is 0.266 e. The number of nitrogens with zero attached hydrogens (tertiary/aromatic N) is 1. The highest BCUT2D eigenvalue weighted by molar-refractivity contribution is 9.10. The lowest BCUT2D eigenvalue weighted by molar-refractivity contribution is -0.123. The Kier molecular flexibility index (Phi) is 7.94. The molecule has 0 radical (unpaired) electrons. The number of methoxy groups -OCH3 is 1. The van der Waals surface area contributed by atoms with Gasteiger partial charge in [0.1, 0.15) is 10.9 Å². The monoisotopic (exact) mass is 597 g/mol. The van der Waals surface area contributed by atoms with Crippen LogP contribution in [0.5, 0.6) is 11.5 Å². The van der Waals surface area contributed by atoms with Crippen LogP contribution >= 0.6 is 55.8 Å². The van der Waals surface area contributed by atoms with Crippen LogP contribution in [0, 0.1) is 0 Å². The summed E-state index contributed by atoms with van der Waals surface area (Å²) < 4.78 is 19.6. The predicted molar refractivity (Wildman–Crippen MR) is 138 cm³/mol. The second-order valence-electron chi connectivity index (χ2n) is 7.37. The average Bonchev–Trinajstić information content (AvgIpc) is 3.39. The summed E-state index contributed by atoms with van der Waals surface area (Å²) in [7, 11) is 1.60. The van der Waals surface area contributed by atoms with Crippen LogP contribution in [0.1, 0.15) is 24.0 Å². The maximum absolute atomic E-state index is 12.9. The SMILES string of the molecule is COc1cc(/C=C2\SC(=S)N(C[C@@H]3CCCO3)C2=O)c(Br)cc1OCc1ccc(Br)cc1. The van der Waals surface area contributed by atoms with Crippen LogP contribution in [-0.2, 0) is 16.1 Å². The van der Waals surface area contributed by atoms with Crippen molar-refractivity contribution in [2.45, 2.75) is 25.6 Å². The third-order valence-electron chi connectivity index (χ3n) is 5.16. The molecule has 2 heterocycles. The molecule has 0 unspecified atom stereocenters. The van der Waals surface area contributed by atoms with E-state index in [1.165, 1.54) is 11.8 Å². The Balaban J connectivity index is 1.50. The van der Waals surface area contributed by atoms with Crippen LogP contribution in [0.3, 0.4) is 0 Å². The summed E-state index contributed by atoms with van der Waals surface area (Å²) in [5.74, 6) is 1.12. The molecule has 2 aliphatic rings. The Bertz CT molecular complexity index is 1050. The van der Waals surface area contributed by atoms with Gasteiger partial charge in [0, 0.05) is 15.6 Å². The number of carbonyl (C=O) groups excluding carboxylic acids is 1. The fraction of sp³-hybridized carbons (Fsp3) is 0.304. The van der Waals surface area contributed by atoms with Crippen LogP contribution in [0.25, 0.3) is 6.08 Å². The van der Waals surface area contributed by atoms with Gasteiger partial charge in [-0.05, 0) is 54.3 Å². The third-order valence-corrected chi connectivity index (χ3v) is 7.75. The number of rotatable bonds is 7. The van der Waals surface area contributed by atoms with E-state index in [2.05, 4.69) is 31.9 Å². The summed E-state index contributed by atoms with van der Waals surface area (Å²) in [6, 6.07) is 11.7. The maximum atomic E-state index is 12.9. The fourth-order valence-electron chi connectivity index (χ4n) is 3.47. The zero-order valence-electron chi connectivity index (χ0n) is 17.3. The van der Waals surface area contributed by atoms with E-state index in [0.29, 0.717) is 33.9 Å². The molecule has 0 N–H and O–H groups in total. The molecule has 0 aliphatic carbocycles. The molecule has 0 saturated carbocycles. The van der Waals surface area contributed by atoms with E-state index in [1.54, 1.807) is 12.0 Å². The quantitative estimate of drug-likeness (QED) is 0.280. The lowest BCUT2D eigenvalue weighted by Crippen LogP contribution is -2.35. The number of hydrogen-bond acceptors (Lipinski definition) is 6. The Morgan fingerprint density at radius 2 is 2.03 bits per heavy atom. The van der Waals surface area contributed by atoms with Gasteiger partial charge in [0.15, 0.2) is 11.5 Å². The first-order chi connectivity index (χ1) is 15.4. The molecule has 1 amide bonds. The predicted octanol–water partition coefficient (Wildman–Crippen LogP) is 6.18. The van der Waals surface area contributed by atoms with Crippen LogP contribution in [0.4, 0.5) is 0 Å². The first-order valence-corrected chi connectivity index (χ1v) is 12.9. The highest BCUT2D eigenvalue weighted by atomic mass is 79.9. The first kappa shape index (κ1) is 23.8. The van der Waals surface area contributed by atoms with E-state index in [4.69, 9.17) is 26.4 Å². The van der Waals surface area contributed by atoms with E-state index in [-0.39, 0.29) is 12.0 Å². The number of carbonyl (C=O) groups is 1. The average molecular weight is 599 g/mol. The summed E-state index contributed by atoms with van der Waals surface area (Å²) in [6.45, 7) is 1.67. The highest BCUT2D eigenvalue weighted by Gasteiger charge is 2.34. The van der Waals surface area contributed by atoms with Crippen molar-refractivity contribution in [2.24, 2.45) is 0 Å². The van der Waals surface area contributed by atoms with Gasteiger partial charge in [-0.25, -0.2) is 0 Å². The van der Waals surface area contributed by atoms with Gasteiger partial charge in [-0.3, -0.25) is 9.69 Å². The Morgan fingerprint density at radius 1 is 1.25 bits per heavy atom. The summed E-state index contributed by atoms with van der Waals surface area (Å²) in [5, 5.41) is 0. The van der Waals surface area contributed by atoms with Gasteiger partial charge in [0.2, 0.25) is 0 Å². The van der Waals surface area contributed by atoms with Crippen LogP contribution < -0.4 is 9.47 Å². The molecule has 2 aromatic carbocycles. The lowest BCUT2D eigenvalue weighted by atomic mass is 10.1. The van der Waals surface area contributed by atoms with Gasteiger partial charge in [-0.2, -0.15) is 0 Å². The second-order valence-corrected chi connectivity index (χ2v) is 10.8. The fourth-order valence-corrected chi connectivity index (χ4v) is 5.43. The molecule has 0 spiro atoms. The Morgan fingerprint density at radius 3 is 2.72 bits per heavy atom. The van der Waals surface area contributed by atoms with Crippen molar-refractivity contribution in [3.8, 4) is 11.5 Å². The number of amides is 1. The van der Waals surface area contributed by atoms with Crippen molar-refractivity contribution in [3.05, 3.63) is 61.4 Å². The summed E-state index contributed by atoms with van der Waals surface area (Å²) in [4.78, 5) is 15.2. The topological polar surface area (TPSA) is 48.0 Å². The zero-order chi connectivity index (χ0) is 22.7. The minimum atomic E-state index is -0.0862. The first-order valence-electron chi connectivity index (χ1n) is 10.1. The normalized spacial score (nSPS) is 19.8. The number of benzene rings is 2. The molecular formula is C23H21Br2NO4S2. The largest absolute Gasteiger partial charge is 0.493 e. The molecule has 9 heteroatoms. The van der Waals surface area contributed by atoms with Gasteiger partial charge in [0.05, 0.1) is 24.7 Å². The number of ether oxygens (including phenoxy) is 3. The molecule has 4 rings (SSSR count). The smallest absolute Gasteiger partial charge is 0.266 e. The van der Waals surface area contributed by atoms with Gasteiger partial charge in [0.25, 0.3) is 5.91 Å². The molecule has 1 atom stereocenters. The third kappa shape index (κ3) is 5.56.